The second-order valence-corrected chi connectivity index (χ2v) is 0.476. The fourth-order valence-electron chi connectivity index (χ4n) is 0. The topological polar surface area (TPSA) is 127 Å². The molecule has 8 heavy (non-hydrogen) atoms. The molecule has 0 aromatic rings. The molecule has 0 aliphatic carbocycles. The molecule has 0 aromatic heterocycles. The lowest BCUT2D eigenvalue weighted by molar-refractivity contribution is -0.742. The second kappa shape index (κ2) is 5.40. The van der Waals surface area contributed by atoms with Crippen LogP contribution >= 0.6 is 0 Å². The second-order valence-electron chi connectivity index (χ2n) is 0.476. The zero-order valence-corrected chi connectivity index (χ0v) is 3.42. The molecule has 0 unspecified atom stereocenters. The Hall–Kier alpha value is -1.60. The fourth-order valence-corrected chi connectivity index (χ4v) is 0. The lowest BCUT2D eigenvalue weighted by Gasteiger charge is -1.56. The summed E-state index contributed by atoms with van der Waals surface area (Å²) >= 11 is 0. The Balaban J connectivity index is -0.0000000720. The summed E-state index contributed by atoms with van der Waals surface area (Å²) < 4.78 is 0. The van der Waals surface area contributed by atoms with E-state index in [1.54, 1.807) is 0 Å². The Morgan fingerprint density at radius 3 is 1.12 bits per heavy atom. The van der Waals surface area contributed by atoms with Crippen molar-refractivity contribution >= 4 is 0 Å². The minimum Gasteiger partial charge on any atom is -0.328 e. The first kappa shape index (κ1) is 9.64. The molecule has 0 heterocycles. The van der Waals surface area contributed by atoms with Gasteiger partial charge in [-0.05, 0) is 0 Å². The first-order chi connectivity index (χ1) is 3.46. The summed E-state index contributed by atoms with van der Waals surface area (Å²) in [5.41, 5.74) is 0. The monoisotopic (exact) mass is 127 g/mol. The van der Waals surface area contributed by atoms with Gasteiger partial charge in [-0.2, -0.15) is 0 Å². The third-order valence-corrected chi connectivity index (χ3v) is 0. The molecule has 0 radical (unpaired) electrons. The Kier molecular flexibility index (Phi) is 6.51. The highest BCUT2D eigenvalue weighted by Gasteiger charge is 1.65. The van der Waals surface area contributed by atoms with Gasteiger partial charge in [0.05, 0.1) is 0 Å². The molecule has 0 aliphatic rings. The van der Waals surface area contributed by atoms with E-state index in [9.17, 15) is 0 Å². The first-order valence-electron chi connectivity index (χ1n) is 1.13. The van der Waals surface area contributed by atoms with E-state index in [0.29, 0.717) is 0 Å². The largest absolute Gasteiger partial charge is 1.00 e. The van der Waals surface area contributed by atoms with Crippen molar-refractivity contribution in [2.24, 2.45) is 0 Å². The summed E-state index contributed by atoms with van der Waals surface area (Å²) in [7, 11) is 0. The highest BCUT2D eigenvalue weighted by Crippen LogP contribution is 1.38. The van der Waals surface area contributed by atoms with Gasteiger partial charge in [0.2, 0.25) is 0 Å². The normalized spacial score (nSPS) is 6.00. The van der Waals surface area contributed by atoms with E-state index in [2.05, 4.69) is 0 Å². The maximum atomic E-state index is 8.36. The average molecular weight is 127 g/mol. The molecular weight excluding hydrogens is 124 g/mol. The third-order valence-electron chi connectivity index (χ3n) is 0. The average Bonchev–Trinajstić information content (AvgIpc) is 1.25. The van der Waals surface area contributed by atoms with Crippen LogP contribution in [0, 0.1) is 20.2 Å². The van der Waals surface area contributed by atoms with E-state index in [1.807, 2.05) is 0 Å². The Morgan fingerprint density at radius 1 is 1.12 bits per heavy atom. The van der Waals surface area contributed by atoms with Gasteiger partial charge in [0, 0.05) is 0 Å². The van der Waals surface area contributed by atoms with Crippen molar-refractivity contribution in [3.8, 4) is 0 Å². The molecule has 0 aliphatic heterocycles. The van der Waals surface area contributed by atoms with Gasteiger partial charge in [-0.25, -0.2) is 0 Å². The highest BCUT2D eigenvalue weighted by atomic mass is 16.9. The van der Waals surface area contributed by atoms with Crippen molar-refractivity contribution < 1.29 is 22.0 Å². The quantitative estimate of drug-likeness (QED) is 0.331. The maximum Gasteiger partial charge on any atom is 1.00 e. The molecule has 0 saturated carbocycles. The van der Waals surface area contributed by atoms with Crippen LogP contribution in [0.15, 0.2) is 0 Å². The van der Waals surface area contributed by atoms with Crippen molar-refractivity contribution in [3.63, 3.8) is 0 Å². The molecule has 48 valence electrons. The van der Waals surface area contributed by atoms with E-state index in [4.69, 9.17) is 30.6 Å². The number of hydrogen-bond acceptors (Lipinski definition) is 4. The van der Waals surface area contributed by atoms with Gasteiger partial charge in [-0.1, -0.05) is 0 Å². The van der Waals surface area contributed by atoms with Crippen LogP contribution in [0.3, 0.4) is 0 Å². The molecule has 8 heteroatoms. The molecule has 0 bridgehead atoms. The van der Waals surface area contributed by atoms with Crippen LogP contribution in [-0.4, -0.2) is 20.6 Å². The summed E-state index contributed by atoms with van der Waals surface area (Å²) in [4.78, 5) is 16.7. The van der Waals surface area contributed by atoms with Crippen LogP contribution in [0.1, 0.15) is 1.43 Å². The standard InChI is InChI=1S/2HNO3/c2*2-1(3)4/h2*(H,2,3,4)/p+1. The van der Waals surface area contributed by atoms with Crippen LogP contribution in [-0.2, 0) is 0 Å². The Morgan fingerprint density at radius 2 is 1.12 bits per heavy atom. The zero-order valence-electron chi connectivity index (χ0n) is 4.42. The van der Waals surface area contributed by atoms with Crippen LogP contribution in [0.25, 0.3) is 0 Å². The van der Waals surface area contributed by atoms with Crippen LogP contribution in [0.5, 0.6) is 0 Å². The SMILES string of the molecule is O=[N+]([O-])O.O=[N+]([O-])O.[H+]. The van der Waals surface area contributed by atoms with Crippen molar-refractivity contribution in [2.75, 3.05) is 0 Å². The van der Waals surface area contributed by atoms with Crippen LogP contribution in [0.2, 0.25) is 0 Å². The lowest BCUT2D eigenvalue weighted by Crippen LogP contribution is -1.81. The minimum atomic E-state index is -1.50. The Bertz CT molecular complexity index is 69.1. The molecule has 0 aromatic carbocycles. The van der Waals surface area contributed by atoms with Crippen molar-refractivity contribution in [1.82, 2.24) is 0 Å². The molecule has 0 spiro atoms. The predicted molar refractivity (Wildman–Crippen MR) is 18.7 cm³/mol. The molecule has 2 N–H and O–H groups in total. The predicted octanol–water partition coefficient (Wildman–Crippen LogP) is -0.583. The first-order valence-corrected chi connectivity index (χ1v) is 1.13. The smallest absolute Gasteiger partial charge is 0.328 e. The molecule has 8 nitrogen and oxygen atoms in total. The van der Waals surface area contributed by atoms with Crippen LogP contribution < -0.4 is 0 Å². The van der Waals surface area contributed by atoms with Crippen molar-refractivity contribution in [3.05, 3.63) is 20.2 Å². The molecule has 0 atom stereocenters. The van der Waals surface area contributed by atoms with Gasteiger partial charge in [-0.15, -0.1) is 20.2 Å². The van der Waals surface area contributed by atoms with Crippen molar-refractivity contribution in [1.29, 1.82) is 0 Å². The van der Waals surface area contributed by atoms with E-state index in [-0.39, 0.29) is 1.43 Å². The molecule has 0 amide bonds. The Labute approximate surface area is 43.7 Å². The maximum absolute atomic E-state index is 8.36. The number of rotatable bonds is 0. The van der Waals surface area contributed by atoms with Gasteiger partial charge < -0.3 is 10.4 Å². The van der Waals surface area contributed by atoms with Crippen molar-refractivity contribution in [2.45, 2.75) is 0 Å². The van der Waals surface area contributed by atoms with Gasteiger partial charge in [-0.3, -0.25) is 0 Å². The van der Waals surface area contributed by atoms with E-state index in [0.717, 1.165) is 0 Å². The van der Waals surface area contributed by atoms with E-state index < -0.39 is 10.2 Å². The molecule has 0 rings (SSSR count). The van der Waals surface area contributed by atoms with Gasteiger partial charge in [0.15, 0.2) is 0 Å². The molecule has 0 saturated heterocycles. The van der Waals surface area contributed by atoms with Gasteiger partial charge in [0.1, 0.15) is 0 Å². The highest BCUT2D eigenvalue weighted by molar-refractivity contribution is 3.83. The minimum absolute atomic E-state index is 0. The fraction of sp³-hybridized carbons (Fsp3) is 0. The summed E-state index contributed by atoms with van der Waals surface area (Å²) in [5.74, 6) is 0. The summed E-state index contributed by atoms with van der Waals surface area (Å²) in [6, 6.07) is 0. The zero-order chi connectivity index (χ0) is 7.15. The van der Waals surface area contributed by atoms with E-state index >= 15 is 0 Å². The molecule has 0 fully saturated rings. The molecular formula is H3N2O6+. The summed E-state index contributed by atoms with van der Waals surface area (Å²) in [5, 5.41) is 27.3. The van der Waals surface area contributed by atoms with Gasteiger partial charge in [0.25, 0.3) is 10.2 Å². The summed E-state index contributed by atoms with van der Waals surface area (Å²) in [6.07, 6.45) is 0. The third kappa shape index (κ3) is 19.9. The number of hydrogen-bond donors (Lipinski definition) is 2. The van der Waals surface area contributed by atoms with Gasteiger partial charge >= 0.3 is 1.43 Å². The number of nitrogens with zero attached hydrogens (tertiary/aromatic N) is 2. The summed E-state index contributed by atoms with van der Waals surface area (Å²) in [6.45, 7) is 0. The van der Waals surface area contributed by atoms with Crippen LogP contribution in [0.4, 0.5) is 0 Å². The lowest BCUT2D eigenvalue weighted by atomic mass is 13.1. The van der Waals surface area contributed by atoms with E-state index in [1.165, 1.54) is 0 Å².